The van der Waals surface area contributed by atoms with Crippen LogP contribution in [0.2, 0.25) is 0 Å². The van der Waals surface area contributed by atoms with Crippen molar-refractivity contribution in [2.24, 2.45) is 0 Å². The molecule has 0 aromatic carbocycles. The monoisotopic (exact) mass is 263 g/mol. The maximum atomic E-state index is 11.3. The van der Waals surface area contributed by atoms with Crippen molar-refractivity contribution < 1.29 is 35.1 Å². The molecule has 0 aromatic heterocycles. The van der Waals surface area contributed by atoms with E-state index < -0.39 is 43.2 Å². The first-order valence-corrected chi connectivity index (χ1v) is 5.39. The fourth-order valence-electron chi connectivity index (χ4n) is 1.63. The van der Waals surface area contributed by atoms with Gasteiger partial charge in [0.2, 0.25) is 5.91 Å². The van der Waals surface area contributed by atoms with E-state index in [2.05, 4.69) is 5.32 Å². The standard InChI is InChI=1S/C10H17NO7/c12-3-1-2-6(14)11-7-9(16)8(15)5(4-13)18-10(7)17/h1-2,5,7-10,12-13,15-17H,3-4H2,(H,11,14)/b2-1+/t5-,7-,8-,9-,10+/m1/s1. The van der Waals surface area contributed by atoms with Crippen LogP contribution in [0.5, 0.6) is 0 Å². The first-order chi connectivity index (χ1) is 8.51. The van der Waals surface area contributed by atoms with Crippen molar-refractivity contribution in [3.8, 4) is 0 Å². The van der Waals surface area contributed by atoms with Crippen LogP contribution in [0.15, 0.2) is 12.2 Å². The van der Waals surface area contributed by atoms with Crippen LogP contribution < -0.4 is 5.32 Å². The molecule has 1 amide bonds. The lowest BCUT2D eigenvalue weighted by Crippen LogP contribution is -2.64. The molecule has 1 heterocycles. The molecule has 0 saturated carbocycles. The van der Waals surface area contributed by atoms with Crippen LogP contribution >= 0.6 is 0 Å². The lowest BCUT2D eigenvalue weighted by molar-refractivity contribution is -0.253. The second-order valence-corrected chi connectivity index (χ2v) is 3.85. The fraction of sp³-hybridized carbons (Fsp3) is 0.700. The van der Waals surface area contributed by atoms with Gasteiger partial charge >= 0.3 is 0 Å². The molecule has 0 unspecified atom stereocenters. The Bertz CT molecular complexity index is 309. The lowest BCUT2D eigenvalue weighted by Gasteiger charge is -2.40. The Balaban J connectivity index is 2.65. The zero-order valence-electron chi connectivity index (χ0n) is 9.51. The molecule has 1 fully saturated rings. The highest BCUT2D eigenvalue weighted by molar-refractivity contribution is 5.87. The summed E-state index contributed by atoms with van der Waals surface area (Å²) in [6.07, 6.45) is -3.37. The first kappa shape index (κ1) is 15.0. The van der Waals surface area contributed by atoms with Gasteiger partial charge in [-0.05, 0) is 0 Å². The zero-order valence-corrected chi connectivity index (χ0v) is 9.51. The van der Waals surface area contributed by atoms with Crippen molar-refractivity contribution in [3.05, 3.63) is 12.2 Å². The molecule has 8 nitrogen and oxygen atoms in total. The number of nitrogens with one attached hydrogen (secondary N) is 1. The van der Waals surface area contributed by atoms with E-state index in [1.54, 1.807) is 0 Å². The minimum absolute atomic E-state index is 0.324. The largest absolute Gasteiger partial charge is 0.394 e. The van der Waals surface area contributed by atoms with E-state index in [9.17, 15) is 20.1 Å². The summed E-state index contributed by atoms with van der Waals surface area (Å²) >= 11 is 0. The van der Waals surface area contributed by atoms with Gasteiger partial charge in [-0.2, -0.15) is 0 Å². The highest BCUT2D eigenvalue weighted by Crippen LogP contribution is 2.19. The predicted octanol–water partition coefficient (Wildman–Crippen LogP) is -3.55. The van der Waals surface area contributed by atoms with Gasteiger partial charge in [0, 0.05) is 6.08 Å². The van der Waals surface area contributed by atoms with Gasteiger partial charge in [-0.15, -0.1) is 0 Å². The Morgan fingerprint density at radius 3 is 2.44 bits per heavy atom. The van der Waals surface area contributed by atoms with E-state index in [4.69, 9.17) is 14.9 Å². The molecule has 1 rings (SSSR count). The number of amides is 1. The second-order valence-electron chi connectivity index (χ2n) is 3.85. The molecule has 18 heavy (non-hydrogen) atoms. The molecule has 0 radical (unpaired) electrons. The third-order valence-corrected chi connectivity index (χ3v) is 2.58. The van der Waals surface area contributed by atoms with E-state index in [0.29, 0.717) is 0 Å². The lowest BCUT2D eigenvalue weighted by atomic mass is 9.97. The number of carbonyl (C=O) groups excluding carboxylic acids is 1. The van der Waals surface area contributed by atoms with Gasteiger partial charge in [0.15, 0.2) is 6.29 Å². The van der Waals surface area contributed by atoms with Gasteiger partial charge in [-0.3, -0.25) is 4.79 Å². The van der Waals surface area contributed by atoms with Gasteiger partial charge in [-0.25, -0.2) is 0 Å². The molecular formula is C10H17NO7. The van der Waals surface area contributed by atoms with Crippen LogP contribution in [0.4, 0.5) is 0 Å². The van der Waals surface area contributed by atoms with Crippen molar-refractivity contribution in [1.29, 1.82) is 0 Å². The summed E-state index contributed by atoms with van der Waals surface area (Å²) in [5, 5.41) is 48.3. The van der Waals surface area contributed by atoms with Crippen LogP contribution in [0.25, 0.3) is 0 Å². The van der Waals surface area contributed by atoms with Crippen molar-refractivity contribution in [1.82, 2.24) is 5.32 Å². The third kappa shape index (κ3) is 3.48. The van der Waals surface area contributed by atoms with Gasteiger partial charge in [0.1, 0.15) is 24.4 Å². The van der Waals surface area contributed by atoms with E-state index >= 15 is 0 Å². The highest BCUT2D eigenvalue weighted by atomic mass is 16.6. The summed E-state index contributed by atoms with van der Waals surface area (Å²) in [4.78, 5) is 11.3. The first-order valence-electron chi connectivity index (χ1n) is 5.39. The SMILES string of the molecule is O=C(/C=C/CO)N[C@@H]1[C@@H](O)[C@H](O)[C@@H](CO)O[C@@H]1O. The number of hydrogen-bond acceptors (Lipinski definition) is 7. The molecule has 6 N–H and O–H groups in total. The number of aliphatic hydroxyl groups is 5. The maximum absolute atomic E-state index is 11.3. The number of carbonyl (C=O) groups is 1. The normalized spacial score (nSPS) is 36.8. The Labute approximate surface area is 103 Å². The van der Waals surface area contributed by atoms with Crippen molar-refractivity contribution in [3.63, 3.8) is 0 Å². The second kappa shape index (κ2) is 6.78. The van der Waals surface area contributed by atoms with Crippen LogP contribution in [-0.2, 0) is 9.53 Å². The van der Waals surface area contributed by atoms with Crippen molar-refractivity contribution >= 4 is 5.91 Å². The van der Waals surface area contributed by atoms with Crippen LogP contribution in [-0.4, -0.2) is 75.3 Å². The Morgan fingerprint density at radius 1 is 1.22 bits per heavy atom. The zero-order chi connectivity index (χ0) is 13.7. The molecule has 5 atom stereocenters. The van der Waals surface area contributed by atoms with Crippen LogP contribution in [0, 0.1) is 0 Å². The van der Waals surface area contributed by atoms with E-state index in [-0.39, 0.29) is 6.61 Å². The van der Waals surface area contributed by atoms with E-state index in [1.165, 1.54) is 6.08 Å². The summed E-state index contributed by atoms with van der Waals surface area (Å²) in [6, 6.07) is -1.22. The molecule has 1 aliphatic heterocycles. The number of ether oxygens (including phenoxy) is 1. The summed E-state index contributed by atoms with van der Waals surface area (Å²) < 4.78 is 4.84. The smallest absolute Gasteiger partial charge is 0.244 e. The quantitative estimate of drug-likeness (QED) is 0.289. The summed E-state index contributed by atoms with van der Waals surface area (Å²) in [6.45, 7) is -0.894. The van der Waals surface area contributed by atoms with Crippen molar-refractivity contribution in [2.45, 2.75) is 30.6 Å². The van der Waals surface area contributed by atoms with E-state index in [1.807, 2.05) is 0 Å². The molecule has 104 valence electrons. The minimum Gasteiger partial charge on any atom is -0.394 e. The van der Waals surface area contributed by atoms with Gasteiger partial charge in [0.25, 0.3) is 0 Å². The average Bonchev–Trinajstić information content (AvgIpc) is 2.36. The summed E-state index contributed by atoms with van der Waals surface area (Å²) in [7, 11) is 0. The number of rotatable bonds is 4. The topological polar surface area (TPSA) is 139 Å². The van der Waals surface area contributed by atoms with Crippen LogP contribution in [0.3, 0.4) is 0 Å². The molecule has 0 aliphatic carbocycles. The molecule has 0 spiro atoms. The maximum Gasteiger partial charge on any atom is 0.244 e. The Hall–Kier alpha value is -1.03. The molecule has 1 aliphatic rings. The third-order valence-electron chi connectivity index (χ3n) is 2.58. The Morgan fingerprint density at radius 2 is 1.89 bits per heavy atom. The Kier molecular flexibility index (Phi) is 5.66. The molecule has 8 heteroatoms. The summed E-state index contributed by atoms with van der Waals surface area (Å²) in [5.41, 5.74) is 0. The molecule has 1 saturated heterocycles. The van der Waals surface area contributed by atoms with Crippen molar-refractivity contribution in [2.75, 3.05) is 13.2 Å². The molecular weight excluding hydrogens is 246 g/mol. The van der Waals surface area contributed by atoms with Gasteiger partial charge in [0.05, 0.1) is 13.2 Å². The molecule has 0 bridgehead atoms. The van der Waals surface area contributed by atoms with Crippen LogP contribution in [0.1, 0.15) is 0 Å². The summed E-state index contributed by atoms with van der Waals surface area (Å²) in [5.74, 6) is -0.662. The fourth-order valence-corrected chi connectivity index (χ4v) is 1.63. The highest BCUT2D eigenvalue weighted by Gasteiger charge is 2.44. The van der Waals surface area contributed by atoms with Gasteiger partial charge < -0.3 is 35.6 Å². The molecule has 0 aromatic rings. The average molecular weight is 263 g/mol. The van der Waals surface area contributed by atoms with E-state index in [0.717, 1.165) is 6.08 Å². The number of aliphatic hydroxyl groups excluding tert-OH is 5. The van der Waals surface area contributed by atoms with Gasteiger partial charge in [-0.1, -0.05) is 6.08 Å². The number of hydrogen-bond donors (Lipinski definition) is 6. The minimum atomic E-state index is -1.55. The predicted molar refractivity (Wildman–Crippen MR) is 58.1 cm³/mol.